The van der Waals surface area contributed by atoms with Crippen LogP contribution in [0.15, 0.2) is 30.5 Å². The van der Waals surface area contributed by atoms with Crippen molar-refractivity contribution < 1.29 is 4.79 Å². The summed E-state index contributed by atoms with van der Waals surface area (Å²) in [6.45, 7) is 9.01. The van der Waals surface area contributed by atoms with Gasteiger partial charge in [0.15, 0.2) is 0 Å². The number of aryl methyl sites for hydroxylation is 3. The largest absolute Gasteiger partial charge is 0.356 e. The third-order valence-electron chi connectivity index (χ3n) is 4.94. The van der Waals surface area contributed by atoms with Crippen molar-refractivity contribution in [2.45, 2.75) is 40.0 Å². The Morgan fingerprint density at radius 2 is 1.84 bits per heavy atom. The monoisotopic (exact) mass is 337 g/mol. The SMILES string of the molecule is Cc1cc(C)c(CCNC(=O)c2cccnc2N2CCCC2)c(C)c1. The molecule has 4 nitrogen and oxygen atoms in total. The lowest BCUT2D eigenvalue weighted by Crippen LogP contribution is -2.29. The maximum atomic E-state index is 12.7. The number of anilines is 1. The minimum absolute atomic E-state index is 0.0302. The zero-order valence-corrected chi connectivity index (χ0v) is 15.4. The van der Waals surface area contributed by atoms with Crippen molar-refractivity contribution in [1.82, 2.24) is 10.3 Å². The molecule has 25 heavy (non-hydrogen) atoms. The fourth-order valence-corrected chi connectivity index (χ4v) is 3.76. The highest BCUT2D eigenvalue weighted by Crippen LogP contribution is 2.22. The van der Waals surface area contributed by atoms with E-state index in [-0.39, 0.29) is 5.91 Å². The van der Waals surface area contributed by atoms with Crippen molar-refractivity contribution in [3.8, 4) is 0 Å². The average Bonchev–Trinajstić information content (AvgIpc) is 3.11. The van der Waals surface area contributed by atoms with E-state index < -0.39 is 0 Å². The van der Waals surface area contributed by atoms with Crippen molar-refractivity contribution in [3.05, 3.63) is 58.3 Å². The summed E-state index contributed by atoms with van der Waals surface area (Å²) in [5.41, 5.74) is 5.89. The molecule has 1 aliphatic heterocycles. The highest BCUT2D eigenvalue weighted by Gasteiger charge is 2.20. The first kappa shape index (κ1) is 17.5. The van der Waals surface area contributed by atoms with E-state index in [0.29, 0.717) is 12.1 Å². The first-order valence-corrected chi connectivity index (χ1v) is 9.11. The Kier molecular flexibility index (Phi) is 5.37. The molecule has 0 atom stereocenters. The van der Waals surface area contributed by atoms with E-state index in [1.54, 1.807) is 6.20 Å². The van der Waals surface area contributed by atoms with Crippen LogP contribution in [0, 0.1) is 20.8 Å². The van der Waals surface area contributed by atoms with E-state index >= 15 is 0 Å². The van der Waals surface area contributed by atoms with Gasteiger partial charge in [0, 0.05) is 25.8 Å². The fraction of sp³-hybridized carbons (Fsp3) is 0.429. The molecule has 0 spiro atoms. The molecule has 4 heteroatoms. The van der Waals surface area contributed by atoms with Gasteiger partial charge < -0.3 is 10.2 Å². The lowest BCUT2D eigenvalue weighted by atomic mass is 9.97. The maximum Gasteiger partial charge on any atom is 0.255 e. The molecule has 1 aromatic carbocycles. The molecule has 0 bridgehead atoms. The number of nitrogens with zero attached hydrogens (tertiary/aromatic N) is 2. The predicted octanol–water partition coefficient (Wildman–Crippen LogP) is 3.58. The van der Waals surface area contributed by atoms with Gasteiger partial charge in [-0.1, -0.05) is 17.7 Å². The van der Waals surface area contributed by atoms with Crippen molar-refractivity contribution >= 4 is 11.7 Å². The van der Waals surface area contributed by atoms with Gasteiger partial charge in [-0.25, -0.2) is 4.98 Å². The Bertz CT molecular complexity index is 740. The van der Waals surface area contributed by atoms with E-state index in [1.165, 1.54) is 35.1 Å². The maximum absolute atomic E-state index is 12.7. The van der Waals surface area contributed by atoms with Crippen molar-refractivity contribution in [2.75, 3.05) is 24.5 Å². The first-order chi connectivity index (χ1) is 12.1. The van der Waals surface area contributed by atoms with E-state index in [4.69, 9.17) is 0 Å². The molecule has 1 aliphatic rings. The van der Waals surface area contributed by atoms with Gasteiger partial charge in [-0.3, -0.25) is 4.79 Å². The van der Waals surface area contributed by atoms with Crippen LogP contribution in [0.2, 0.25) is 0 Å². The molecule has 1 aromatic heterocycles. The lowest BCUT2D eigenvalue weighted by Gasteiger charge is -2.19. The molecule has 2 heterocycles. The number of nitrogens with one attached hydrogen (secondary N) is 1. The van der Waals surface area contributed by atoms with Gasteiger partial charge in [-0.2, -0.15) is 0 Å². The third kappa shape index (κ3) is 4.01. The Morgan fingerprint density at radius 1 is 1.16 bits per heavy atom. The number of hydrogen-bond acceptors (Lipinski definition) is 3. The van der Waals surface area contributed by atoms with Crippen LogP contribution < -0.4 is 10.2 Å². The summed E-state index contributed by atoms with van der Waals surface area (Å²) in [6.07, 6.45) is 4.96. The summed E-state index contributed by atoms with van der Waals surface area (Å²) < 4.78 is 0. The molecule has 132 valence electrons. The number of carbonyl (C=O) groups is 1. The molecule has 0 radical (unpaired) electrons. The second-order valence-electron chi connectivity index (χ2n) is 6.95. The van der Waals surface area contributed by atoms with Gasteiger partial charge in [0.05, 0.1) is 5.56 Å². The number of pyridine rings is 1. The van der Waals surface area contributed by atoms with E-state index in [9.17, 15) is 4.79 Å². The van der Waals surface area contributed by atoms with Gasteiger partial charge >= 0.3 is 0 Å². The quantitative estimate of drug-likeness (QED) is 0.907. The molecule has 1 fully saturated rings. The standard InChI is InChI=1S/C21H27N3O/c1-15-13-16(2)18(17(3)14-15)8-10-23-21(25)19-7-6-9-22-20(19)24-11-4-5-12-24/h6-7,9,13-14H,4-5,8,10-12H2,1-3H3,(H,23,25). The Morgan fingerprint density at radius 3 is 2.52 bits per heavy atom. The molecule has 2 aromatic rings. The third-order valence-corrected chi connectivity index (χ3v) is 4.94. The number of benzene rings is 1. The fourth-order valence-electron chi connectivity index (χ4n) is 3.76. The first-order valence-electron chi connectivity index (χ1n) is 9.11. The zero-order chi connectivity index (χ0) is 17.8. The molecule has 0 unspecified atom stereocenters. The van der Waals surface area contributed by atoms with Gasteiger partial charge in [0.1, 0.15) is 5.82 Å². The molecule has 1 saturated heterocycles. The zero-order valence-electron chi connectivity index (χ0n) is 15.4. The van der Waals surface area contributed by atoms with E-state index in [0.717, 1.165) is 25.3 Å². The number of amides is 1. The van der Waals surface area contributed by atoms with Crippen LogP contribution in [0.3, 0.4) is 0 Å². The summed E-state index contributed by atoms with van der Waals surface area (Å²) in [6, 6.07) is 8.12. The van der Waals surface area contributed by atoms with Crippen LogP contribution in [0.5, 0.6) is 0 Å². The summed E-state index contributed by atoms with van der Waals surface area (Å²) in [7, 11) is 0. The lowest BCUT2D eigenvalue weighted by molar-refractivity contribution is 0.0954. The highest BCUT2D eigenvalue weighted by molar-refractivity contribution is 5.98. The van der Waals surface area contributed by atoms with Crippen LogP contribution in [0.25, 0.3) is 0 Å². The average molecular weight is 337 g/mol. The van der Waals surface area contributed by atoms with Crippen LogP contribution in [-0.2, 0) is 6.42 Å². The smallest absolute Gasteiger partial charge is 0.255 e. The molecular formula is C21H27N3O. The Labute approximate surface area is 150 Å². The van der Waals surface area contributed by atoms with Crippen molar-refractivity contribution in [3.63, 3.8) is 0 Å². The van der Waals surface area contributed by atoms with Crippen LogP contribution in [0.1, 0.15) is 45.5 Å². The second kappa shape index (κ2) is 7.68. The van der Waals surface area contributed by atoms with Gasteiger partial charge in [-0.15, -0.1) is 0 Å². The molecule has 3 rings (SSSR count). The highest BCUT2D eigenvalue weighted by atomic mass is 16.1. The van der Waals surface area contributed by atoms with Crippen molar-refractivity contribution in [1.29, 1.82) is 0 Å². The second-order valence-corrected chi connectivity index (χ2v) is 6.95. The van der Waals surface area contributed by atoms with E-state index in [1.807, 2.05) is 12.1 Å². The predicted molar refractivity (Wildman–Crippen MR) is 102 cm³/mol. The normalized spacial score (nSPS) is 14.0. The van der Waals surface area contributed by atoms with E-state index in [2.05, 4.69) is 48.1 Å². The number of rotatable bonds is 5. The molecule has 1 amide bonds. The van der Waals surface area contributed by atoms with Crippen LogP contribution in [-0.4, -0.2) is 30.5 Å². The Hall–Kier alpha value is -2.36. The topological polar surface area (TPSA) is 45.2 Å². The summed E-state index contributed by atoms with van der Waals surface area (Å²) in [4.78, 5) is 19.3. The van der Waals surface area contributed by atoms with Crippen LogP contribution in [0.4, 0.5) is 5.82 Å². The number of aromatic nitrogens is 1. The van der Waals surface area contributed by atoms with Crippen LogP contribution >= 0.6 is 0 Å². The number of carbonyl (C=O) groups excluding carboxylic acids is 1. The summed E-state index contributed by atoms with van der Waals surface area (Å²) in [5, 5.41) is 3.07. The number of hydrogen-bond donors (Lipinski definition) is 1. The Balaban J connectivity index is 1.66. The van der Waals surface area contributed by atoms with Gasteiger partial charge in [0.25, 0.3) is 5.91 Å². The van der Waals surface area contributed by atoms with Crippen molar-refractivity contribution in [2.24, 2.45) is 0 Å². The summed E-state index contributed by atoms with van der Waals surface area (Å²) in [5.74, 6) is 0.789. The molecule has 0 saturated carbocycles. The molecular weight excluding hydrogens is 310 g/mol. The van der Waals surface area contributed by atoms with Gasteiger partial charge in [-0.05, 0) is 68.9 Å². The minimum Gasteiger partial charge on any atom is -0.356 e. The minimum atomic E-state index is -0.0302. The molecule has 0 aliphatic carbocycles. The molecule has 1 N–H and O–H groups in total. The summed E-state index contributed by atoms with van der Waals surface area (Å²) >= 11 is 0. The van der Waals surface area contributed by atoms with Gasteiger partial charge in [0.2, 0.25) is 0 Å².